The average molecular weight is 532 g/mol. The first kappa shape index (κ1) is 24.9. The summed E-state index contributed by atoms with van der Waals surface area (Å²) < 4.78 is 5.51. The third-order valence-corrected chi connectivity index (χ3v) is 10.3. The van der Waals surface area contributed by atoms with Gasteiger partial charge in [-0.05, 0) is 60.0 Å². The lowest BCUT2D eigenvalue weighted by molar-refractivity contribution is 0.648. The van der Waals surface area contributed by atoms with Gasteiger partial charge in [-0.2, -0.15) is 0 Å². The standard InChI is InChI=1S/C33H27NS2.C2H6/c1-5-17-34-26-18-25-23(31-28(26)24-10-6-7-12-27(24)35-31)16-14-20-13-15-22-21-11-8-9-19(2)30(21)36-32(22)29(20)33(25,3)4;1-2/h5-18,34H,1-4H3;1-2H3/b17-5+;. The highest BCUT2D eigenvalue weighted by atomic mass is 32.1. The molecule has 38 heavy (non-hydrogen) atoms. The number of hydrogen-bond acceptors (Lipinski definition) is 3. The molecule has 3 heteroatoms. The van der Waals surface area contributed by atoms with Crippen molar-refractivity contribution in [2.24, 2.45) is 0 Å². The van der Waals surface area contributed by atoms with Gasteiger partial charge in [0.25, 0.3) is 0 Å². The molecule has 7 rings (SSSR count). The van der Waals surface area contributed by atoms with Crippen molar-refractivity contribution in [1.82, 2.24) is 0 Å². The molecule has 0 amide bonds. The molecule has 1 aliphatic rings. The van der Waals surface area contributed by atoms with Gasteiger partial charge in [-0.1, -0.05) is 94.5 Å². The van der Waals surface area contributed by atoms with Crippen molar-refractivity contribution < 1.29 is 0 Å². The fraction of sp³-hybridized carbons (Fsp3) is 0.200. The molecule has 2 heterocycles. The van der Waals surface area contributed by atoms with Crippen LogP contribution >= 0.6 is 22.7 Å². The Balaban J connectivity index is 0.00000129. The first-order valence-corrected chi connectivity index (χ1v) is 15.1. The zero-order chi connectivity index (χ0) is 26.6. The molecular weight excluding hydrogens is 499 g/mol. The van der Waals surface area contributed by atoms with E-state index in [0.717, 1.165) is 0 Å². The lowest BCUT2D eigenvalue weighted by Crippen LogP contribution is -2.21. The number of fused-ring (bicyclic) bond motifs is 10. The monoisotopic (exact) mass is 531 g/mol. The van der Waals surface area contributed by atoms with Gasteiger partial charge in [0.15, 0.2) is 0 Å². The minimum absolute atomic E-state index is 0.167. The van der Waals surface area contributed by atoms with E-state index in [1.54, 1.807) is 0 Å². The number of hydrogen-bond donors (Lipinski definition) is 1. The normalized spacial score (nSPS) is 14.1. The van der Waals surface area contributed by atoms with Crippen molar-refractivity contribution in [2.45, 2.75) is 47.0 Å². The van der Waals surface area contributed by atoms with Gasteiger partial charge in [-0.15, -0.1) is 22.7 Å². The third-order valence-electron chi connectivity index (χ3n) is 7.72. The highest BCUT2D eigenvalue weighted by molar-refractivity contribution is 7.26. The first-order chi connectivity index (χ1) is 18.5. The SMILES string of the molecule is C/C=C/Nc1cc2c(c3sc4ccccc4c13)C=Cc1ccc3c(sc4c(C)cccc43)c1C2(C)C.CC. The van der Waals surface area contributed by atoms with Gasteiger partial charge < -0.3 is 5.32 Å². The van der Waals surface area contributed by atoms with Crippen molar-refractivity contribution in [3.05, 3.63) is 101 Å². The van der Waals surface area contributed by atoms with E-state index >= 15 is 0 Å². The predicted molar refractivity (Wildman–Crippen MR) is 174 cm³/mol. The summed E-state index contributed by atoms with van der Waals surface area (Å²) in [6, 6.07) is 22.6. The second kappa shape index (κ2) is 9.41. The minimum Gasteiger partial charge on any atom is -0.361 e. The number of nitrogens with one attached hydrogen (secondary N) is 1. The number of thiophene rings is 2. The predicted octanol–water partition coefficient (Wildman–Crippen LogP) is 11.5. The molecule has 0 bridgehead atoms. The fourth-order valence-corrected chi connectivity index (χ4v) is 8.74. The Hall–Kier alpha value is -3.40. The van der Waals surface area contributed by atoms with Gasteiger partial charge in [0, 0.05) is 51.4 Å². The second-order valence-electron chi connectivity index (χ2n) is 10.3. The maximum absolute atomic E-state index is 3.62. The van der Waals surface area contributed by atoms with Crippen LogP contribution in [-0.4, -0.2) is 0 Å². The van der Waals surface area contributed by atoms with Crippen LogP contribution in [0.3, 0.4) is 0 Å². The summed E-state index contributed by atoms with van der Waals surface area (Å²) in [6.07, 6.45) is 8.83. The molecule has 0 saturated heterocycles. The molecule has 0 unspecified atom stereocenters. The second-order valence-corrected chi connectivity index (χ2v) is 12.3. The van der Waals surface area contributed by atoms with Crippen LogP contribution in [0.15, 0.2) is 72.9 Å². The van der Waals surface area contributed by atoms with Gasteiger partial charge in [0.1, 0.15) is 0 Å². The molecule has 0 fully saturated rings. The van der Waals surface area contributed by atoms with Crippen molar-refractivity contribution in [3.63, 3.8) is 0 Å². The van der Waals surface area contributed by atoms with Crippen molar-refractivity contribution in [2.75, 3.05) is 5.32 Å². The van der Waals surface area contributed by atoms with Crippen LogP contribution in [-0.2, 0) is 5.41 Å². The van der Waals surface area contributed by atoms with Crippen LogP contribution < -0.4 is 5.32 Å². The van der Waals surface area contributed by atoms with Crippen LogP contribution in [0.2, 0.25) is 0 Å². The van der Waals surface area contributed by atoms with Crippen LogP contribution in [0.25, 0.3) is 52.5 Å². The number of allylic oxidation sites excluding steroid dienone is 1. The Bertz CT molecular complexity index is 1910. The van der Waals surface area contributed by atoms with E-state index in [1.165, 1.54) is 73.8 Å². The Kier molecular flexibility index (Phi) is 6.17. The minimum atomic E-state index is -0.167. The van der Waals surface area contributed by atoms with E-state index in [-0.39, 0.29) is 5.41 Å². The zero-order valence-corrected chi connectivity index (χ0v) is 24.5. The molecule has 1 nitrogen and oxygen atoms in total. The lowest BCUT2D eigenvalue weighted by Gasteiger charge is -2.30. The first-order valence-electron chi connectivity index (χ1n) is 13.5. The van der Waals surface area contributed by atoms with Crippen LogP contribution in [0, 0.1) is 6.92 Å². The maximum atomic E-state index is 3.62. The van der Waals surface area contributed by atoms with E-state index in [2.05, 4.69) is 112 Å². The Morgan fingerprint density at radius 2 is 1.55 bits per heavy atom. The number of aryl methyl sites for hydroxylation is 1. The average Bonchev–Trinajstić information content (AvgIpc) is 3.48. The number of benzene rings is 4. The third kappa shape index (κ3) is 3.56. The van der Waals surface area contributed by atoms with Crippen LogP contribution in [0.5, 0.6) is 0 Å². The van der Waals surface area contributed by atoms with E-state index in [9.17, 15) is 0 Å². The summed E-state index contributed by atoms with van der Waals surface area (Å²) in [7, 11) is 0. The van der Waals surface area contributed by atoms with Crippen LogP contribution in [0.1, 0.15) is 62.4 Å². The van der Waals surface area contributed by atoms with E-state index in [0.29, 0.717) is 0 Å². The van der Waals surface area contributed by atoms with Crippen molar-refractivity contribution in [1.29, 1.82) is 0 Å². The molecule has 4 aromatic carbocycles. The van der Waals surface area contributed by atoms with Crippen molar-refractivity contribution >= 4 is 80.9 Å². The number of anilines is 1. The zero-order valence-electron chi connectivity index (χ0n) is 22.9. The molecule has 0 radical (unpaired) electrons. The summed E-state index contributed by atoms with van der Waals surface area (Å²) in [5.74, 6) is 0. The van der Waals surface area contributed by atoms with Crippen LogP contribution in [0.4, 0.5) is 5.69 Å². The Morgan fingerprint density at radius 1 is 0.789 bits per heavy atom. The van der Waals surface area contributed by atoms with Gasteiger partial charge in [0.05, 0.1) is 0 Å². The van der Waals surface area contributed by atoms with Gasteiger partial charge >= 0.3 is 0 Å². The van der Waals surface area contributed by atoms with Gasteiger partial charge in [0.2, 0.25) is 0 Å². The molecule has 0 aliphatic heterocycles. The maximum Gasteiger partial charge on any atom is 0.0477 e. The molecule has 1 N–H and O–H groups in total. The highest BCUT2D eigenvalue weighted by Gasteiger charge is 2.34. The summed E-state index contributed by atoms with van der Waals surface area (Å²) in [5.41, 5.74) is 7.87. The lowest BCUT2D eigenvalue weighted by atomic mass is 9.74. The van der Waals surface area contributed by atoms with E-state index < -0.39 is 0 Å². The smallest absolute Gasteiger partial charge is 0.0477 e. The highest BCUT2D eigenvalue weighted by Crippen LogP contribution is 2.51. The quantitative estimate of drug-likeness (QED) is 0.234. The Labute approximate surface area is 233 Å². The fourth-order valence-electron chi connectivity index (χ4n) is 6.00. The van der Waals surface area contributed by atoms with E-state index in [4.69, 9.17) is 0 Å². The summed E-state index contributed by atoms with van der Waals surface area (Å²) >= 11 is 3.87. The molecule has 190 valence electrons. The molecule has 0 saturated carbocycles. The molecule has 0 atom stereocenters. The Morgan fingerprint density at radius 3 is 2.37 bits per heavy atom. The van der Waals surface area contributed by atoms with Gasteiger partial charge in [-0.25, -0.2) is 0 Å². The molecule has 2 aromatic heterocycles. The summed E-state index contributed by atoms with van der Waals surface area (Å²) in [4.78, 5) is 0. The molecule has 1 aliphatic carbocycles. The number of rotatable bonds is 2. The topological polar surface area (TPSA) is 12.0 Å². The molecule has 0 spiro atoms. The van der Waals surface area contributed by atoms with Crippen molar-refractivity contribution in [3.8, 4) is 0 Å². The largest absolute Gasteiger partial charge is 0.361 e. The van der Waals surface area contributed by atoms with E-state index in [1.807, 2.05) is 42.7 Å². The van der Waals surface area contributed by atoms with Gasteiger partial charge in [-0.3, -0.25) is 0 Å². The molecular formula is C35H33NS2. The molecule has 6 aromatic rings. The summed E-state index contributed by atoms with van der Waals surface area (Å²) in [6.45, 7) is 13.1. The summed E-state index contributed by atoms with van der Waals surface area (Å²) in [5, 5.41) is 9.01.